The summed E-state index contributed by atoms with van der Waals surface area (Å²) in [5, 5.41) is 9.83. The van der Waals surface area contributed by atoms with Gasteiger partial charge in [0.1, 0.15) is 17.4 Å². The molecule has 156 valence electrons. The molecular formula is C21H17Cl2NO6. The Labute approximate surface area is 183 Å². The van der Waals surface area contributed by atoms with Crippen molar-refractivity contribution in [1.82, 2.24) is 0 Å². The van der Waals surface area contributed by atoms with Crippen molar-refractivity contribution in [2.24, 2.45) is 0 Å². The first kappa shape index (κ1) is 23.1. The molecular weight excluding hydrogens is 433 g/mol. The van der Waals surface area contributed by atoms with Crippen molar-refractivity contribution in [3.63, 3.8) is 0 Å². The Morgan fingerprint density at radius 2 is 1.83 bits per heavy atom. The zero-order valence-corrected chi connectivity index (χ0v) is 17.6. The van der Waals surface area contributed by atoms with E-state index in [9.17, 15) is 9.59 Å². The lowest BCUT2D eigenvalue weighted by atomic mass is 10.1. The van der Waals surface area contributed by atoms with Crippen LogP contribution in [0.5, 0.6) is 17.2 Å². The Kier molecular flexibility index (Phi) is 8.54. The number of ether oxygens (including phenoxy) is 4. The quantitative estimate of drug-likeness (QED) is 0.254. The van der Waals surface area contributed by atoms with Crippen LogP contribution in [0.1, 0.15) is 12.5 Å². The molecule has 0 aliphatic rings. The van der Waals surface area contributed by atoms with Crippen molar-refractivity contribution in [3.05, 3.63) is 57.6 Å². The third-order valence-corrected chi connectivity index (χ3v) is 4.11. The molecule has 2 aromatic rings. The molecule has 2 aromatic carbocycles. The van der Waals surface area contributed by atoms with E-state index in [1.807, 2.05) is 0 Å². The summed E-state index contributed by atoms with van der Waals surface area (Å²) < 4.78 is 20.6. The summed E-state index contributed by atoms with van der Waals surface area (Å²) in [5.41, 5.74) is 0.317. The Morgan fingerprint density at radius 3 is 2.47 bits per heavy atom. The van der Waals surface area contributed by atoms with Crippen LogP contribution < -0.4 is 14.2 Å². The van der Waals surface area contributed by atoms with E-state index in [-0.39, 0.29) is 34.5 Å². The minimum absolute atomic E-state index is 0.139. The van der Waals surface area contributed by atoms with Gasteiger partial charge in [-0.1, -0.05) is 29.3 Å². The van der Waals surface area contributed by atoms with Gasteiger partial charge in [0.25, 0.3) is 0 Å². The largest absolute Gasteiger partial charge is 0.493 e. The molecule has 0 fully saturated rings. The summed E-state index contributed by atoms with van der Waals surface area (Å²) in [5.74, 6) is -0.768. The molecule has 0 atom stereocenters. The number of carbonyl (C=O) groups excluding carboxylic acids is 2. The van der Waals surface area contributed by atoms with Crippen LogP contribution >= 0.6 is 23.2 Å². The van der Waals surface area contributed by atoms with Crippen molar-refractivity contribution in [2.75, 3.05) is 20.3 Å². The molecule has 0 aliphatic carbocycles. The number of hydrogen-bond acceptors (Lipinski definition) is 7. The summed E-state index contributed by atoms with van der Waals surface area (Å²) in [6.07, 6.45) is 1.34. The lowest BCUT2D eigenvalue weighted by Gasteiger charge is -2.11. The maximum absolute atomic E-state index is 12.1. The third-order valence-electron chi connectivity index (χ3n) is 3.58. The highest BCUT2D eigenvalue weighted by Crippen LogP contribution is 2.30. The first-order chi connectivity index (χ1) is 14.4. The van der Waals surface area contributed by atoms with Crippen LogP contribution in [0.3, 0.4) is 0 Å². The van der Waals surface area contributed by atoms with Gasteiger partial charge in [-0.15, -0.1) is 0 Å². The smallest absolute Gasteiger partial charge is 0.349 e. The zero-order chi connectivity index (χ0) is 22.1. The highest BCUT2D eigenvalue weighted by molar-refractivity contribution is 6.35. The van der Waals surface area contributed by atoms with Gasteiger partial charge < -0.3 is 18.9 Å². The molecule has 0 spiro atoms. The van der Waals surface area contributed by atoms with Gasteiger partial charge in [0, 0.05) is 5.02 Å². The molecule has 0 amide bonds. The fraction of sp³-hybridized carbons (Fsp3) is 0.190. The second kappa shape index (κ2) is 11.1. The average molecular weight is 450 g/mol. The summed E-state index contributed by atoms with van der Waals surface area (Å²) in [6, 6.07) is 10.9. The Balaban J connectivity index is 2.10. The molecule has 0 unspecified atom stereocenters. The van der Waals surface area contributed by atoms with E-state index >= 15 is 0 Å². The summed E-state index contributed by atoms with van der Waals surface area (Å²) in [7, 11) is 1.39. The second-order valence-corrected chi connectivity index (χ2v) is 6.48. The highest BCUT2D eigenvalue weighted by atomic mass is 35.5. The Bertz CT molecular complexity index is 1010. The number of carbonyl (C=O) groups is 2. The number of nitriles is 1. The zero-order valence-electron chi connectivity index (χ0n) is 16.1. The van der Waals surface area contributed by atoms with E-state index in [1.165, 1.54) is 37.5 Å². The fourth-order valence-corrected chi connectivity index (χ4v) is 2.71. The summed E-state index contributed by atoms with van der Waals surface area (Å²) >= 11 is 11.8. The number of hydrogen-bond donors (Lipinski definition) is 0. The number of esters is 2. The molecule has 0 aliphatic heterocycles. The van der Waals surface area contributed by atoms with E-state index in [0.717, 1.165) is 0 Å². The molecule has 0 saturated heterocycles. The minimum Gasteiger partial charge on any atom is -0.493 e. The monoisotopic (exact) mass is 449 g/mol. The second-order valence-electron chi connectivity index (χ2n) is 5.64. The van der Waals surface area contributed by atoms with E-state index in [1.54, 1.807) is 25.1 Å². The predicted octanol–water partition coefficient (Wildman–Crippen LogP) is 4.46. The minimum atomic E-state index is -0.729. The normalized spacial score (nSPS) is 10.7. The van der Waals surface area contributed by atoms with Gasteiger partial charge in [0.05, 0.1) is 18.7 Å². The maximum Gasteiger partial charge on any atom is 0.349 e. The highest BCUT2D eigenvalue weighted by Gasteiger charge is 2.14. The maximum atomic E-state index is 12.1. The van der Waals surface area contributed by atoms with Crippen molar-refractivity contribution >= 4 is 41.2 Å². The van der Waals surface area contributed by atoms with Crippen LogP contribution in [-0.4, -0.2) is 32.3 Å². The SMILES string of the molecule is CCOC(=O)/C(C#N)=C/c1ccc(OC(=O)COc2ccc(Cl)cc2Cl)c(OC)c1. The van der Waals surface area contributed by atoms with Crippen LogP contribution in [0.25, 0.3) is 6.08 Å². The van der Waals surface area contributed by atoms with E-state index in [2.05, 4.69) is 0 Å². The lowest BCUT2D eigenvalue weighted by Crippen LogP contribution is -2.18. The van der Waals surface area contributed by atoms with Crippen LogP contribution in [0.15, 0.2) is 42.0 Å². The van der Waals surface area contributed by atoms with Crippen molar-refractivity contribution in [2.45, 2.75) is 6.92 Å². The molecule has 0 aromatic heterocycles. The molecule has 30 heavy (non-hydrogen) atoms. The number of methoxy groups -OCH3 is 1. The van der Waals surface area contributed by atoms with E-state index in [0.29, 0.717) is 10.6 Å². The van der Waals surface area contributed by atoms with Crippen LogP contribution in [0.4, 0.5) is 0 Å². The van der Waals surface area contributed by atoms with Gasteiger partial charge in [0.15, 0.2) is 18.1 Å². The predicted molar refractivity (Wildman–Crippen MR) is 111 cm³/mol. The number of rotatable bonds is 8. The molecule has 0 heterocycles. The van der Waals surface area contributed by atoms with E-state index < -0.39 is 18.5 Å². The molecule has 7 nitrogen and oxygen atoms in total. The van der Waals surface area contributed by atoms with Gasteiger partial charge in [-0.05, 0) is 48.9 Å². The first-order valence-electron chi connectivity index (χ1n) is 8.63. The van der Waals surface area contributed by atoms with Crippen LogP contribution in [0, 0.1) is 11.3 Å². The van der Waals surface area contributed by atoms with Crippen LogP contribution in [-0.2, 0) is 14.3 Å². The third kappa shape index (κ3) is 6.41. The van der Waals surface area contributed by atoms with Gasteiger partial charge in [0.2, 0.25) is 0 Å². The number of benzene rings is 2. The van der Waals surface area contributed by atoms with E-state index in [4.69, 9.17) is 47.4 Å². The lowest BCUT2D eigenvalue weighted by molar-refractivity contribution is -0.138. The van der Waals surface area contributed by atoms with Gasteiger partial charge in [-0.3, -0.25) is 0 Å². The van der Waals surface area contributed by atoms with Crippen molar-refractivity contribution in [1.29, 1.82) is 5.26 Å². The van der Waals surface area contributed by atoms with Crippen LogP contribution in [0.2, 0.25) is 10.0 Å². The Hall–Kier alpha value is -3.21. The summed E-state index contributed by atoms with van der Waals surface area (Å²) in [6.45, 7) is 1.40. The molecule has 0 saturated carbocycles. The Morgan fingerprint density at radius 1 is 1.10 bits per heavy atom. The summed E-state index contributed by atoms with van der Waals surface area (Å²) in [4.78, 5) is 23.8. The van der Waals surface area contributed by atoms with Gasteiger partial charge >= 0.3 is 11.9 Å². The molecule has 0 bridgehead atoms. The number of nitrogens with zero attached hydrogens (tertiary/aromatic N) is 1. The van der Waals surface area contributed by atoms with Crippen molar-refractivity contribution in [3.8, 4) is 23.3 Å². The van der Waals surface area contributed by atoms with Crippen molar-refractivity contribution < 1.29 is 28.5 Å². The topological polar surface area (TPSA) is 94.9 Å². The van der Waals surface area contributed by atoms with Gasteiger partial charge in [-0.25, -0.2) is 9.59 Å². The van der Waals surface area contributed by atoms with Gasteiger partial charge in [-0.2, -0.15) is 5.26 Å². The first-order valence-corrected chi connectivity index (χ1v) is 9.39. The fourth-order valence-electron chi connectivity index (χ4n) is 2.25. The number of halogens is 2. The molecule has 9 heteroatoms. The molecule has 0 radical (unpaired) electrons. The molecule has 2 rings (SSSR count). The average Bonchev–Trinajstić information content (AvgIpc) is 2.72. The molecule has 0 N–H and O–H groups in total. The standard InChI is InChI=1S/C21H17Cl2NO6/c1-3-28-21(26)14(11-24)8-13-4-6-18(19(9-13)27-2)30-20(25)12-29-17-7-5-15(22)10-16(17)23/h4-10H,3,12H2,1-2H3/b14-8+.